The third kappa shape index (κ3) is 2.21. The Morgan fingerprint density at radius 3 is 2.82 bits per heavy atom. The number of fused-ring (bicyclic) bond motifs is 3. The van der Waals surface area contributed by atoms with E-state index in [0.717, 1.165) is 23.9 Å². The predicted octanol–water partition coefficient (Wildman–Crippen LogP) is 2.09. The number of aromatic nitrogens is 1. The molecule has 0 aromatic carbocycles. The third-order valence-electron chi connectivity index (χ3n) is 4.20. The molecule has 17 heavy (non-hydrogen) atoms. The van der Waals surface area contributed by atoms with E-state index in [1.54, 1.807) is 6.20 Å². The molecule has 3 aliphatic heterocycles. The molecule has 2 heteroatoms. The van der Waals surface area contributed by atoms with E-state index in [1.165, 1.54) is 37.9 Å². The van der Waals surface area contributed by atoms with E-state index in [4.69, 9.17) is 6.42 Å². The Balaban J connectivity index is 1.72. The van der Waals surface area contributed by atoms with Crippen LogP contribution in [0.5, 0.6) is 0 Å². The smallest absolute Gasteiger partial charge is 0.0428 e. The maximum Gasteiger partial charge on any atom is 0.0428 e. The average Bonchev–Trinajstić information content (AvgIpc) is 2.40. The van der Waals surface area contributed by atoms with Gasteiger partial charge in [-0.05, 0) is 56.3 Å². The fourth-order valence-corrected chi connectivity index (χ4v) is 3.25. The summed E-state index contributed by atoms with van der Waals surface area (Å²) in [5, 5.41) is 0. The zero-order chi connectivity index (χ0) is 11.7. The molecule has 0 amide bonds. The molecule has 2 nitrogen and oxygen atoms in total. The maximum absolute atomic E-state index is 5.41. The van der Waals surface area contributed by atoms with Crippen molar-refractivity contribution in [3.8, 4) is 12.3 Å². The summed E-state index contributed by atoms with van der Waals surface area (Å²) in [4.78, 5) is 6.86. The van der Waals surface area contributed by atoms with Crippen LogP contribution in [0.3, 0.4) is 0 Å². The van der Waals surface area contributed by atoms with E-state index >= 15 is 0 Å². The fraction of sp³-hybridized carbons (Fsp3) is 0.533. The van der Waals surface area contributed by atoms with Gasteiger partial charge in [0, 0.05) is 24.0 Å². The van der Waals surface area contributed by atoms with Gasteiger partial charge in [0.2, 0.25) is 0 Å². The van der Waals surface area contributed by atoms with Gasteiger partial charge in [-0.2, -0.15) is 0 Å². The maximum atomic E-state index is 5.41. The fourth-order valence-electron chi connectivity index (χ4n) is 3.25. The van der Waals surface area contributed by atoms with Crippen molar-refractivity contribution in [1.82, 2.24) is 9.88 Å². The average molecular weight is 226 g/mol. The van der Waals surface area contributed by atoms with Gasteiger partial charge in [-0.15, -0.1) is 6.42 Å². The summed E-state index contributed by atoms with van der Waals surface area (Å²) >= 11 is 0. The first kappa shape index (κ1) is 10.8. The number of rotatable bonds is 2. The molecule has 88 valence electrons. The van der Waals surface area contributed by atoms with Crippen molar-refractivity contribution in [3.63, 3.8) is 0 Å². The molecule has 0 radical (unpaired) electrons. The van der Waals surface area contributed by atoms with Gasteiger partial charge in [0.15, 0.2) is 0 Å². The van der Waals surface area contributed by atoms with E-state index in [0.29, 0.717) is 0 Å². The van der Waals surface area contributed by atoms with Crippen LogP contribution in [0, 0.1) is 18.3 Å². The van der Waals surface area contributed by atoms with Crippen molar-refractivity contribution in [2.45, 2.75) is 31.7 Å². The van der Waals surface area contributed by atoms with Crippen molar-refractivity contribution >= 4 is 0 Å². The van der Waals surface area contributed by atoms with Crippen molar-refractivity contribution in [3.05, 3.63) is 29.6 Å². The lowest BCUT2D eigenvalue weighted by atomic mass is 9.81. The molecule has 4 heterocycles. The quantitative estimate of drug-likeness (QED) is 0.718. The van der Waals surface area contributed by atoms with Crippen LogP contribution in [0.4, 0.5) is 0 Å². The zero-order valence-corrected chi connectivity index (χ0v) is 10.1. The van der Waals surface area contributed by atoms with Gasteiger partial charge >= 0.3 is 0 Å². The molecule has 1 aromatic rings. The molecule has 4 rings (SSSR count). The standard InChI is InChI=1S/C15H18N2/c1-2-12-7-14(11-16-10-12)9-15-8-13-3-5-17(15)6-4-13/h1,7,10-11,13,15H,3-6,8-9H2. The minimum Gasteiger partial charge on any atom is -0.300 e. The van der Waals surface area contributed by atoms with Gasteiger partial charge in [0.1, 0.15) is 0 Å². The van der Waals surface area contributed by atoms with Gasteiger partial charge in [-0.3, -0.25) is 4.98 Å². The Bertz CT molecular complexity index is 438. The van der Waals surface area contributed by atoms with Crippen molar-refractivity contribution in [1.29, 1.82) is 0 Å². The Hall–Kier alpha value is -1.33. The van der Waals surface area contributed by atoms with Crippen LogP contribution in [0.1, 0.15) is 30.4 Å². The molecule has 1 unspecified atom stereocenters. The molecular formula is C15H18N2. The summed E-state index contributed by atoms with van der Waals surface area (Å²) in [5.41, 5.74) is 2.19. The second kappa shape index (κ2) is 4.50. The Morgan fingerprint density at radius 2 is 2.18 bits per heavy atom. The van der Waals surface area contributed by atoms with Crippen LogP contribution in [0.15, 0.2) is 18.5 Å². The van der Waals surface area contributed by atoms with Crippen LogP contribution in [-0.4, -0.2) is 29.0 Å². The third-order valence-corrected chi connectivity index (χ3v) is 4.20. The minimum atomic E-state index is 0.720. The summed E-state index contributed by atoms with van der Waals surface area (Å²) in [6, 6.07) is 2.83. The van der Waals surface area contributed by atoms with E-state index < -0.39 is 0 Å². The first-order chi connectivity index (χ1) is 8.35. The highest BCUT2D eigenvalue weighted by molar-refractivity contribution is 5.32. The molecule has 2 bridgehead atoms. The molecule has 1 atom stereocenters. The summed E-state index contributed by atoms with van der Waals surface area (Å²) in [5.74, 6) is 3.63. The predicted molar refractivity (Wildman–Crippen MR) is 68.6 cm³/mol. The van der Waals surface area contributed by atoms with Gasteiger partial charge in [-0.25, -0.2) is 0 Å². The topological polar surface area (TPSA) is 16.1 Å². The van der Waals surface area contributed by atoms with Gasteiger partial charge in [0.05, 0.1) is 0 Å². The van der Waals surface area contributed by atoms with E-state index in [2.05, 4.69) is 21.9 Å². The lowest BCUT2D eigenvalue weighted by Gasteiger charge is -2.45. The summed E-state index contributed by atoms with van der Waals surface area (Å²) < 4.78 is 0. The second-order valence-corrected chi connectivity index (χ2v) is 5.30. The lowest BCUT2D eigenvalue weighted by molar-refractivity contribution is 0.0498. The van der Waals surface area contributed by atoms with Crippen LogP contribution < -0.4 is 0 Å². The number of nitrogens with zero attached hydrogens (tertiary/aromatic N) is 2. The molecule has 1 aromatic heterocycles. The first-order valence-electron chi connectivity index (χ1n) is 6.50. The highest BCUT2D eigenvalue weighted by Crippen LogP contribution is 2.33. The van der Waals surface area contributed by atoms with Gasteiger partial charge in [-0.1, -0.05) is 5.92 Å². The van der Waals surface area contributed by atoms with Crippen molar-refractivity contribution < 1.29 is 0 Å². The molecule has 0 N–H and O–H groups in total. The monoisotopic (exact) mass is 226 g/mol. The molecule has 0 saturated carbocycles. The second-order valence-electron chi connectivity index (χ2n) is 5.30. The Kier molecular flexibility index (Phi) is 2.86. The largest absolute Gasteiger partial charge is 0.300 e. The van der Waals surface area contributed by atoms with Gasteiger partial charge in [0.25, 0.3) is 0 Å². The summed E-state index contributed by atoms with van der Waals surface area (Å²) in [6.45, 7) is 2.58. The first-order valence-corrected chi connectivity index (χ1v) is 6.50. The van der Waals surface area contributed by atoms with Crippen molar-refractivity contribution in [2.24, 2.45) is 5.92 Å². The van der Waals surface area contributed by atoms with Crippen molar-refractivity contribution in [2.75, 3.05) is 13.1 Å². The number of hydrogen-bond acceptors (Lipinski definition) is 2. The lowest BCUT2D eigenvalue weighted by Crippen LogP contribution is -2.49. The normalized spacial score (nSPS) is 31.1. The molecule has 3 fully saturated rings. The summed E-state index contributed by atoms with van der Waals surface area (Å²) in [6.07, 6.45) is 14.4. The molecule has 0 aliphatic carbocycles. The molecule has 3 saturated heterocycles. The van der Waals surface area contributed by atoms with E-state index in [1.807, 2.05) is 6.20 Å². The van der Waals surface area contributed by atoms with Crippen LogP contribution in [-0.2, 0) is 6.42 Å². The number of piperidine rings is 3. The Labute approximate surface area is 103 Å². The van der Waals surface area contributed by atoms with Crippen LogP contribution in [0.2, 0.25) is 0 Å². The number of terminal acetylenes is 1. The number of hydrogen-bond donors (Lipinski definition) is 0. The molecule has 0 spiro atoms. The number of pyridine rings is 1. The summed E-state index contributed by atoms with van der Waals surface area (Å²) in [7, 11) is 0. The molecule has 3 aliphatic rings. The van der Waals surface area contributed by atoms with E-state index in [-0.39, 0.29) is 0 Å². The van der Waals surface area contributed by atoms with Gasteiger partial charge < -0.3 is 4.90 Å². The van der Waals surface area contributed by atoms with E-state index in [9.17, 15) is 0 Å². The zero-order valence-electron chi connectivity index (χ0n) is 10.1. The highest BCUT2D eigenvalue weighted by Gasteiger charge is 2.33. The van der Waals surface area contributed by atoms with Crippen LogP contribution >= 0.6 is 0 Å². The minimum absolute atomic E-state index is 0.720. The molecular weight excluding hydrogens is 208 g/mol. The SMILES string of the molecule is C#Cc1cncc(CC2CC3CCN2CC3)c1. The highest BCUT2D eigenvalue weighted by atomic mass is 15.2. The van der Waals surface area contributed by atoms with Crippen LogP contribution in [0.25, 0.3) is 0 Å². The Morgan fingerprint density at radius 1 is 1.35 bits per heavy atom.